The van der Waals surface area contributed by atoms with Crippen LogP contribution in [0.25, 0.3) is 0 Å². The summed E-state index contributed by atoms with van der Waals surface area (Å²) in [6.45, 7) is 3.76. The van der Waals surface area contributed by atoms with Crippen molar-refractivity contribution in [3.8, 4) is 0 Å². The molecule has 2 N–H and O–H groups in total. The predicted octanol–water partition coefficient (Wildman–Crippen LogP) is 3.60. The van der Waals surface area contributed by atoms with Crippen LogP contribution in [0.5, 0.6) is 0 Å². The fourth-order valence-electron chi connectivity index (χ4n) is 2.71. The Balaban J connectivity index is 1.59. The molecule has 1 atom stereocenters. The van der Waals surface area contributed by atoms with Crippen LogP contribution in [0, 0.1) is 0 Å². The lowest BCUT2D eigenvalue weighted by Crippen LogP contribution is -2.44. The highest BCUT2D eigenvalue weighted by Crippen LogP contribution is 2.25. The zero-order valence-corrected chi connectivity index (χ0v) is 14.8. The van der Waals surface area contributed by atoms with Crippen molar-refractivity contribution in [1.29, 1.82) is 0 Å². The Kier molecular flexibility index (Phi) is 6.09. The first-order valence-corrected chi connectivity index (χ1v) is 9.14. The van der Waals surface area contributed by atoms with E-state index < -0.39 is 0 Å². The average Bonchev–Trinajstić information content (AvgIpc) is 3.10. The van der Waals surface area contributed by atoms with E-state index in [0.29, 0.717) is 17.3 Å². The van der Waals surface area contributed by atoms with Gasteiger partial charge in [-0.05, 0) is 29.6 Å². The molecule has 2 heterocycles. The molecule has 1 fully saturated rings. The molecule has 128 valence electrons. The molecule has 24 heavy (non-hydrogen) atoms. The molecule has 3 rings (SSSR count). The minimum atomic E-state index is -0.230. The van der Waals surface area contributed by atoms with Gasteiger partial charge >= 0.3 is 6.03 Å². The average molecular weight is 366 g/mol. The largest absolute Gasteiger partial charge is 0.379 e. The summed E-state index contributed by atoms with van der Waals surface area (Å²) in [4.78, 5) is 15.8. The number of amides is 2. The van der Waals surface area contributed by atoms with E-state index in [1.165, 1.54) is 4.88 Å². The van der Waals surface area contributed by atoms with Gasteiger partial charge in [-0.1, -0.05) is 23.7 Å². The standard InChI is InChI=1S/C17H20ClN3O2S/c18-13-3-1-4-14(11-13)20-17(22)19-12-15(16-5-2-10-24-16)21-6-8-23-9-7-21/h1-5,10-11,15H,6-9,12H2,(H2,19,20,22)/t15-/m0/s1. The first-order valence-electron chi connectivity index (χ1n) is 7.88. The van der Waals surface area contributed by atoms with Crippen LogP contribution in [0.3, 0.4) is 0 Å². The second-order valence-corrected chi connectivity index (χ2v) is 6.94. The van der Waals surface area contributed by atoms with Gasteiger partial charge in [0.1, 0.15) is 0 Å². The molecule has 0 spiro atoms. The van der Waals surface area contributed by atoms with Crippen LogP contribution < -0.4 is 10.6 Å². The molecule has 0 saturated carbocycles. The van der Waals surface area contributed by atoms with Gasteiger partial charge in [0.05, 0.1) is 19.3 Å². The highest BCUT2D eigenvalue weighted by atomic mass is 35.5. The van der Waals surface area contributed by atoms with Crippen molar-refractivity contribution in [1.82, 2.24) is 10.2 Å². The SMILES string of the molecule is O=C(NC[C@@H](c1cccs1)N1CCOCC1)Nc1cccc(Cl)c1. The topological polar surface area (TPSA) is 53.6 Å². The van der Waals surface area contributed by atoms with E-state index in [0.717, 1.165) is 26.3 Å². The number of rotatable bonds is 5. The van der Waals surface area contributed by atoms with E-state index in [-0.39, 0.29) is 12.1 Å². The van der Waals surface area contributed by atoms with Crippen molar-refractivity contribution in [2.75, 3.05) is 38.2 Å². The Morgan fingerprint density at radius 2 is 2.12 bits per heavy atom. The number of thiophene rings is 1. The van der Waals surface area contributed by atoms with Gasteiger partial charge < -0.3 is 15.4 Å². The number of hydrogen-bond donors (Lipinski definition) is 2. The Bertz CT molecular complexity index is 660. The van der Waals surface area contributed by atoms with E-state index in [1.807, 2.05) is 12.1 Å². The minimum Gasteiger partial charge on any atom is -0.379 e. The number of halogens is 1. The van der Waals surface area contributed by atoms with E-state index in [2.05, 4.69) is 27.0 Å². The first-order chi connectivity index (χ1) is 11.7. The summed E-state index contributed by atoms with van der Waals surface area (Å²) in [5, 5.41) is 8.44. The third-order valence-corrected chi connectivity index (χ3v) is 5.11. The maximum absolute atomic E-state index is 12.2. The lowest BCUT2D eigenvalue weighted by Gasteiger charge is -2.34. The van der Waals surface area contributed by atoms with Crippen molar-refractivity contribution in [2.45, 2.75) is 6.04 Å². The summed E-state index contributed by atoms with van der Waals surface area (Å²) in [5.41, 5.74) is 0.680. The molecule has 1 aliphatic rings. The smallest absolute Gasteiger partial charge is 0.319 e. The molecule has 0 unspecified atom stereocenters. The maximum atomic E-state index is 12.2. The Hall–Kier alpha value is -1.60. The molecule has 1 aliphatic heterocycles. The van der Waals surface area contributed by atoms with Gasteiger partial charge in [0.15, 0.2) is 0 Å². The molecule has 0 aliphatic carbocycles. The van der Waals surface area contributed by atoms with Crippen LogP contribution in [0.1, 0.15) is 10.9 Å². The number of benzene rings is 1. The number of carbonyl (C=O) groups excluding carboxylic acids is 1. The third kappa shape index (κ3) is 4.70. The van der Waals surface area contributed by atoms with Gasteiger partial charge in [-0.15, -0.1) is 11.3 Å². The molecular formula is C17H20ClN3O2S. The molecule has 1 saturated heterocycles. The van der Waals surface area contributed by atoms with Crippen molar-refractivity contribution in [2.24, 2.45) is 0 Å². The highest BCUT2D eigenvalue weighted by molar-refractivity contribution is 7.10. The van der Waals surface area contributed by atoms with Crippen LogP contribution in [-0.2, 0) is 4.74 Å². The number of morpholine rings is 1. The van der Waals surface area contributed by atoms with E-state index in [1.54, 1.807) is 29.5 Å². The molecule has 0 bridgehead atoms. The highest BCUT2D eigenvalue weighted by Gasteiger charge is 2.23. The molecule has 2 amide bonds. The van der Waals surface area contributed by atoms with Gasteiger partial charge in [-0.2, -0.15) is 0 Å². The molecule has 5 nitrogen and oxygen atoms in total. The maximum Gasteiger partial charge on any atom is 0.319 e. The summed E-state index contributed by atoms with van der Waals surface area (Å²) < 4.78 is 5.43. The van der Waals surface area contributed by atoms with E-state index >= 15 is 0 Å². The minimum absolute atomic E-state index is 0.166. The van der Waals surface area contributed by atoms with Gasteiger partial charge in [0, 0.05) is 35.2 Å². The number of hydrogen-bond acceptors (Lipinski definition) is 4. The molecule has 0 radical (unpaired) electrons. The quantitative estimate of drug-likeness (QED) is 0.851. The van der Waals surface area contributed by atoms with Crippen molar-refractivity contribution >= 4 is 34.7 Å². The van der Waals surface area contributed by atoms with E-state index in [4.69, 9.17) is 16.3 Å². The first kappa shape index (κ1) is 17.2. The normalized spacial score (nSPS) is 16.5. The monoisotopic (exact) mass is 365 g/mol. The lowest BCUT2D eigenvalue weighted by atomic mass is 10.2. The number of ether oxygens (including phenoxy) is 1. The number of nitrogens with one attached hydrogen (secondary N) is 2. The van der Waals surface area contributed by atoms with Crippen molar-refractivity contribution in [3.63, 3.8) is 0 Å². The number of urea groups is 1. The number of nitrogens with zero attached hydrogens (tertiary/aromatic N) is 1. The van der Waals surface area contributed by atoms with Crippen LogP contribution in [0.4, 0.5) is 10.5 Å². The van der Waals surface area contributed by atoms with Gasteiger partial charge in [0.2, 0.25) is 0 Å². The summed E-state index contributed by atoms with van der Waals surface area (Å²) in [7, 11) is 0. The molecular weight excluding hydrogens is 346 g/mol. The Morgan fingerprint density at radius 1 is 1.29 bits per heavy atom. The Labute approximate surface area is 150 Å². The lowest BCUT2D eigenvalue weighted by molar-refractivity contribution is 0.0175. The van der Waals surface area contributed by atoms with Crippen molar-refractivity contribution < 1.29 is 9.53 Å². The zero-order chi connectivity index (χ0) is 16.8. The second kappa shape index (κ2) is 8.48. The molecule has 1 aromatic heterocycles. The van der Waals surface area contributed by atoms with Crippen LogP contribution in [0.2, 0.25) is 5.02 Å². The fraction of sp³-hybridized carbons (Fsp3) is 0.353. The molecule has 7 heteroatoms. The zero-order valence-electron chi connectivity index (χ0n) is 13.2. The number of carbonyl (C=O) groups is 1. The predicted molar refractivity (Wildman–Crippen MR) is 97.9 cm³/mol. The molecule has 2 aromatic rings. The third-order valence-electron chi connectivity index (χ3n) is 3.90. The second-order valence-electron chi connectivity index (χ2n) is 5.52. The van der Waals surface area contributed by atoms with Gasteiger partial charge in [0.25, 0.3) is 0 Å². The molecule has 1 aromatic carbocycles. The fourth-order valence-corrected chi connectivity index (χ4v) is 3.76. The number of anilines is 1. The van der Waals surface area contributed by atoms with Gasteiger partial charge in [-0.25, -0.2) is 4.79 Å². The summed E-state index contributed by atoms with van der Waals surface area (Å²) in [5.74, 6) is 0. The van der Waals surface area contributed by atoms with Gasteiger partial charge in [-0.3, -0.25) is 4.90 Å². The van der Waals surface area contributed by atoms with Crippen LogP contribution in [-0.4, -0.2) is 43.8 Å². The van der Waals surface area contributed by atoms with E-state index in [9.17, 15) is 4.79 Å². The summed E-state index contributed by atoms with van der Waals surface area (Å²) in [6.07, 6.45) is 0. The summed E-state index contributed by atoms with van der Waals surface area (Å²) in [6, 6.07) is 11.2. The van der Waals surface area contributed by atoms with Crippen LogP contribution in [0.15, 0.2) is 41.8 Å². The summed E-state index contributed by atoms with van der Waals surface area (Å²) >= 11 is 7.65. The Morgan fingerprint density at radius 3 is 2.83 bits per heavy atom. The van der Waals surface area contributed by atoms with Crippen molar-refractivity contribution in [3.05, 3.63) is 51.7 Å². The van der Waals surface area contributed by atoms with Crippen LogP contribution >= 0.6 is 22.9 Å².